The van der Waals surface area contributed by atoms with E-state index in [-0.39, 0.29) is 24.0 Å². The van der Waals surface area contributed by atoms with E-state index >= 15 is 0 Å². The lowest BCUT2D eigenvalue weighted by Crippen LogP contribution is -2.47. The molecular formula is C23H25ClFN5O3. The summed E-state index contributed by atoms with van der Waals surface area (Å²) >= 11 is 6.18. The van der Waals surface area contributed by atoms with Crippen molar-refractivity contribution in [3.05, 3.63) is 53.2 Å². The van der Waals surface area contributed by atoms with Gasteiger partial charge in [-0.3, -0.25) is 4.57 Å². The van der Waals surface area contributed by atoms with E-state index < -0.39 is 0 Å². The molecule has 2 saturated heterocycles. The van der Waals surface area contributed by atoms with Crippen molar-refractivity contribution in [2.45, 2.75) is 50.5 Å². The zero-order valence-corrected chi connectivity index (χ0v) is 19.2. The number of rotatable bonds is 7. The first-order valence-corrected chi connectivity index (χ1v) is 11.3. The van der Waals surface area contributed by atoms with Crippen LogP contribution < -0.4 is 14.4 Å². The van der Waals surface area contributed by atoms with E-state index in [0.29, 0.717) is 29.1 Å². The number of methoxy groups -OCH3 is 2. The van der Waals surface area contributed by atoms with Crippen LogP contribution in [0.3, 0.4) is 0 Å². The average Bonchev–Trinajstić information content (AvgIpc) is 3.33. The maximum Gasteiger partial charge on any atom is 0.232 e. The molecule has 1 aromatic carbocycles. The zero-order valence-electron chi connectivity index (χ0n) is 18.4. The molecule has 5 rings (SSSR count). The first-order chi connectivity index (χ1) is 16.1. The van der Waals surface area contributed by atoms with Crippen LogP contribution in [-0.2, 0) is 11.3 Å². The van der Waals surface area contributed by atoms with Crippen molar-refractivity contribution in [2.75, 3.05) is 19.1 Å². The second kappa shape index (κ2) is 9.15. The molecule has 0 amide bonds. The topological polar surface area (TPSA) is 74.5 Å². The highest BCUT2D eigenvalue weighted by atomic mass is 35.5. The molecule has 8 nitrogen and oxygen atoms in total. The van der Waals surface area contributed by atoms with Crippen molar-refractivity contribution in [3.8, 4) is 17.3 Å². The number of fused-ring (bicyclic) bond motifs is 2. The van der Waals surface area contributed by atoms with Crippen LogP contribution in [-0.4, -0.2) is 52.2 Å². The minimum absolute atomic E-state index is 0.000758. The fourth-order valence-electron chi connectivity index (χ4n) is 4.89. The van der Waals surface area contributed by atoms with Gasteiger partial charge in [-0.05, 0) is 37.1 Å². The van der Waals surface area contributed by atoms with Gasteiger partial charge in [0.05, 0.1) is 24.0 Å². The van der Waals surface area contributed by atoms with Crippen LogP contribution in [0.5, 0.6) is 11.6 Å². The number of piperidine rings is 1. The zero-order chi connectivity index (χ0) is 22.9. The van der Waals surface area contributed by atoms with Gasteiger partial charge in [-0.15, -0.1) is 10.2 Å². The molecule has 33 heavy (non-hydrogen) atoms. The lowest BCUT2D eigenvalue weighted by molar-refractivity contribution is 0.149. The summed E-state index contributed by atoms with van der Waals surface area (Å²) in [7, 11) is 3.23. The Bertz CT molecular complexity index is 1110. The molecule has 0 aliphatic carbocycles. The van der Waals surface area contributed by atoms with Gasteiger partial charge in [0, 0.05) is 38.1 Å². The molecule has 2 aliphatic heterocycles. The van der Waals surface area contributed by atoms with Crippen molar-refractivity contribution in [1.29, 1.82) is 0 Å². The summed E-state index contributed by atoms with van der Waals surface area (Å²) in [5.74, 6) is 2.17. The minimum Gasteiger partial charge on any atom is -0.489 e. The van der Waals surface area contributed by atoms with Crippen molar-refractivity contribution < 1.29 is 18.6 Å². The third kappa shape index (κ3) is 4.22. The van der Waals surface area contributed by atoms with Gasteiger partial charge >= 0.3 is 0 Å². The number of benzene rings is 1. The van der Waals surface area contributed by atoms with Crippen LogP contribution in [0.2, 0.25) is 5.02 Å². The summed E-state index contributed by atoms with van der Waals surface area (Å²) < 4.78 is 32.1. The number of hydrogen-bond acceptors (Lipinski definition) is 7. The summed E-state index contributed by atoms with van der Waals surface area (Å²) in [4.78, 5) is 6.70. The summed E-state index contributed by atoms with van der Waals surface area (Å²) in [5.41, 5.74) is 0.846. The molecule has 2 aromatic heterocycles. The highest BCUT2D eigenvalue weighted by Gasteiger charge is 2.44. The molecule has 2 aliphatic rings. The highest BCUT2D eigenvalue weighted by Crippen LogP contribution is 2.41. The molecule has 2 bridgehead atoms. The molecule has 174 valence electrons. The summed E-state index contributed by atoms with van der Waals surface area (Å²) in [6.45, 7) is 0.330. The first-order valence-electron chi connectivity index (χ1n) is 10.9. The molecule has 0 radical (unpaired) electrons. The van der Waals surface area contributed by atoms with E-state index in [1.165, 1.54) is 12.1 Å². The molecule has 10 heteroatoms. The predicted octanol–water partition coefficient (Wildman–Crippen LogP) is 4.19. The Morgan fingerprint density at radius 3 is 2.52 bits per heavy atom. The Labute approximate surface area is 196 Å². The summed E-state index contributed by atoms with van der Waals surface area (Å²) in [6.07, 6.45) is 5.46. The van der Waals surface area contributed by atoms with Gasteiger partial charge < -0.3 is 19.1 Å². The molecule has 2 fully saturated rings. The molecule has 0 saturated carbocycles. The third-order valence-electron chi connectivity index (χ3n) is 6.28. The largest absolute Gasteiger partial charge is 0.489 e. The van der Waals surface area contributed by atoms with Crippen molar-refractivity contribution in [3.63, 3.8) is 0 Å². The number of aromatic nitrogens is 4. The number of hydrogen-bond donors (Lipinski definition) is 0. The lowest BCUT2D eigenvalue weighted by atomic mass is 10.00. The summed E-state index contributed by atoms with van der Waals surface area (Å²) in [6, 6.07) is 8.49. The molecule has 2 unspecified atom stereocenters. The monoisotopic (exact) mass is 473 g/mol. The van der Waals surface area contributed by atoms with E-state index in [1.54, 1.807) is 26.5 Å². The van der Waals surface area contributed by atoms with Gasteiger partial charge in [-0.1, -0.05) is 11.6 Å². The maximum absolute atomic E-state index is 13.4. The van der Waals surface area contributed by atoms with Crippen LogP contribution in [0.25, 0.3) is 5.69 Å². The van der Waals surface area contributed by atoms with E-state index in [1.807, 2.05) is 16.7 Å². The Hall–Kier alpha value is -2.91. The van der Waals surface area contributed by atoms with Gasteiger partial charge in [-0.2, -0.15) is 0 Å². The van der Waals surface area contributed by atoms with E-state index in [9.17, 15) is 4.39 Å². The minimum atomic E-state index is -0.374. The van der Waals surface area contributed by atoms with E-state index in [0.717, 1.165) is 37.3 Å². The van der Waals surface area contributed by atoms with E-state index in [2.05, 4.69) is 20.1 Å². The van der Waals surface area contributed by atoms with Crippen LogP contribution >= 0.6 is 11.6 Å². The second-order valence-corrected chi connectivity index (χ2v) is 8.73. The number of halogens is 2. The Morgan fingerprint density at radius 1 is 1.09 bits per heavy atom. The fraction of sp³-hybridized carbons (Fsp3) is 0.435. The van der Waals surface area contributed by atoms with Gasteiger partial charge in [-0.25, -0.2) is 9.37 Å². The maximum atomic E-state index is 13.4. The lowest BCUT2D eigenvalue weighted by Gasteiger charge is -2.39. The van der Waals surface area contributed by atoms with Gasteiger partial charge in [0.2, 0.25) is 11.8 Å². The number of ether oxygens (including phenoxy) is 3. The van der Waals surface area contributed by atoms with Crippen LogP contribution in [0.1, 0.15) is 31.5 Å². The molecule has 2 atom stereocenters. The molecular weight excluding hydrogens is 449 g/mol. The van der Waals surface area contributed by atoms with Gasteiger partial charge in [0.15, 0.2) is 5.82 Å². The van der Waals surface area contributed by atoms with Crippen LogP contribution in [0.15, 0.2) is 36.5 Å². The van der Waals surface area contributed by atoms with Crippen molar-refractivity contribution >= 4 is 17.5 Å². The molecule has 0 N–H and O–H groups in total. The van der Waals surface area contributed by atoms with E-state index in [4.69, 9.17) is 25.8 Å². The van der Waals surface area contributed by atoms with Crippen LogP contribution in [0, 0.1) is 5.82 Å². The Balaban J connectivity index is 1.41. The SMILES string of the molecule is COCc1nnc(N2C3CCC2CC(Oc2ccc(F)cc2Cl)C3)n1-c1ccc(OC)nc1. The van der Waals surface area contributed by atoms with Gasteiger partial charge in [0.25, 0.3) is 0 Å². The number of pyridine rings is 1. The standard InChI is InChI=1S/C23H25ClFN5O3/c1-31-13-21-27-28-23(30(21)17-6-8-22(32-2)26-12-17)29-15-4-5-16(29)11-18(10-15)33-20-7-3-14(25)9-19(20)24/h3,6-9,12,15-16,18H,4-5,10-11,13H2,1-2H3. The predicted molar refractivity (Wildman–Crippen MR) is 121 cm³/mol. The number of anilines is 1. The van der Waals surface area contributed by atoms with Crippen molar-refractivity contribution in [1.82, 2.24) is 19.7 Å². The molecule has 0 spiro atoms. The highest BCUT2D eigenvalue weighted by molar-refractivity contribution is 6.32. The Morgan fingerprint density at radius 2 is 1.88 bits per heavy atom. The van der Waals surface area contributed by atoms with Crippen LogP contribution in [0.4, 0.5) is 10.3 Å². The fourth-order valence-corrected chi connectivity index (χ4v) is 5.10. The second-order valence-electron chi connectivity index (χ2n) is 8.32. The van der Waals surface area contributed by atoms with Crippen molar-refractivity contribution in [2.24, 2.45) is 0 Å². The third-order valence-corrected chi connectivity index (χ3v) is 6.58. The quantitative estimate of drug-likeness (QED) is 0.509. The normalized spacial score (nSPS) is 21.9. The average molecular weight is 474 g/mol. The summed E-state index contributed by atoms with van der Waals surface area (Å²) in [5, 5.41) is 9.25. The molecule has 4 heterocycles. The number of nitrogens with zero attached hydrogens (tertiary/aromatic N) is 5. The molecule has 3 aromatic rings. The van der Waals surface area contributed by atoms with Gasteiger partial charge in [0.1, 0.15) is 24.3 Å². The smallest absolute Gasteiger partial charge is 0.232 e. The Kier molecular flexibility index (Phi) is 6.07. The first kappa shape index (κ1) is 21.9.